The van der Waals surface area contributed by atoms with Crippen molar-refractivity contribution in [2.24, 2.45) is 5.10 Å². The Balaban J connectivity index is 1.70. The third-order valence-electron chi connectivity index (χ3n) is 4.64. The van der Waals surface area contributed by atoms with Gasteiger partial charge in [-0.15, -0.1) is 0 Å². The summed E-state index contributed by atoms with van der Waals surface area (Å²) >= 11 is 0. The van der Waals surface area contributed by atoms with Crippen molar-refractivity contribution in [1.82, 2.24) is 5.43 Å². The molecule has 1 amide bonds. The summed E-state index contributed by atoms with van der Waals surface area (Å²) in [6, 6.07) is 15.4. The highest BCUT2D eigenvalue weighted by atomic mass is 16.5. The molecule has 2 aromatic rings. The third kappa shape index (κ3) is 8.68. The molecule has 5 nitrogen and oxygen atoms in total. The van der Waals surface area contributed by atoms with Crippen LogP contribution < -0.4 is 14.9 Å². The SMILES string of the molecule is CCCCCCOc1ccc(C=NNC(=O)COc2ccc(C(C)(C)C)cc2)cc1. The van der Waals surface area contributed by atoms with Gasteiger partial charge in [-0.1, -0.05) is 59.1 Å². The van der Waals surface area contributed by atoms with Gasteiger partial charge in [-0.2, -0.15) is 5.10 Å². The fraction of sp³-hybridized carbons (Fsp3) is 0.440. The molecule has 0 spiro atoms. The van der Waals surface area contributed by atoms with Gasteiger partial charge in [0, 0.05) is 0 Å². The van der Waals surface area contributed by atoms with E-state index in [9.17, 15) is 4.79 Å². The molecule has 0 bridgehead atoms. The highest BCUT2D eigenvalue weighted by Gasteiger charge is 2.13. The van der Waals surface area contributed by atoms with E-state index in [1.165, 1.54) is 24.8 Å². The molecule has 30 heavy (non-hydrogen) atoms. The van der Waals surface area contributed by atoms with Crippen LogP contribution in [-0.2, 0) is 10.2 Å². The number of hydrogen-bond donors (Lipinski definition) is 1. The molecule has 0 heterocycles. The first-order valence-electron chi connectivity index (χ1n) is 10.7. The number of amides is 1. The first-order chi connectivity index (χ1) is 14.4. The van der Waals surface area contributed by atoms with Crippen LogP contribution in [0.15, 0.2) is 53.6 Å². The smallest absolute Gasteiger partial charge is 0.277 e. The summed E-state index contributed by atoms with van der Waals surface area (Å²) in [5.74, 6) is 1.20. The van der Waals surface area contributed by atoms with Gasteiger partial charge < -0.3 is 9.47 Å². The summed E-state index contributed by atoms with van der Waals surface area (Å²) in [6.07, 6.45) is 6.35. The fourth-order valence-electron chi connectivity index (χ4n) is 2.78. The number of nitrogens with zero attached hydrogens (tertiary/aromatic N) is 1. The molecule has 0 atom stereocenters. The number of unbranched alkanes of at least 4 members (excludes halogenated alkanes) is 3. The predicted molar refractivity (Wildman–Crippen MR) is 122 cm³/mol. The van der Waals surface area contributed by atoms with Crippen molar-refractivity contribution in [1.29, 1.82) is 0 Å². The van der Waals surface area contributed by atoms with Gasteiger partial charge in [0.25, 0.3) is 5.91 Å². The predicted octanol–water partition coefficient (Wildman–Crippen LogP) is 5.47. The minimum atomic E-state index is -0.307. The number of ether oxygens (including phenoxy) is 2. The van der Waals surface area contributed by atoms with Crippen LogP contribution in [0.4, 0.5) is 0 Å². The second-order valence-corrected chi connectivity index (χ2v) is 8.33. The number of carbonyl (C=O) groups is 1. The quantitative estimate of drug-likeness (QED) is 0.303. The Morgan fingerprint density at radius 3 is 2.20 bits per heavy atom. The average Bonchev–Trinajstić information content (AvgIpc) is 2.73. The van der Waals surface area contributed by atoms with Crippen molar-refractivity contribution in [3.8, 4) is 11.5 Å². The lowest BCUT2D eigenvalue weighted by atomic mass is 9.87. The fourth-order valence-corrected chi connectivity index (χ4v) is 2.78. The van der Waals surface area contributed by atoms with Crippen molar-refractivity contribution in [2.45, 2.75) is 58.8 Å². The zero-order valence-corrected chi connectivity index (χ0v) is 18.6. The number of rotatable bonds is 11. The van der Waals surface area contributed by atoms with E-state index in [1.54, 1.807) is 6.21 Å². The molecule has 5 heteroatoms. The topological polar surface area (TPSA) is 59.9 Å². The Morgan fingerprint density at radius 2 is 1.57 bits per heavy atom. The molecule has 1 N–H and O–H groups in total. The van der Waals surface area contributed by atoms with Crippen LogP contribution in [0, 0.1) is 0 Å². The molecule has 0 aliphatic carbocycles. The van der Waals surface area contributed by atoms with Crippen molar-refractivity contribution in [3.05, 3.63) is 59.7 Å². The van der Waals surface area contributed by atoms with Gasteiger partial charge >= 0.3 is 0 Å². The first-order valence-corrected chi connectivity index (χ1v) is 10.7. The van der Waals surface area contributed by atoms with Gasteiger partial charge in [0.15, 0.2) is 6.61 Å². The zero-order chi connectivity index (χ0) is 21.8. The van der Waals surface area contributed by atoms with E-state index in [-0.39, 0.29) is 17.9 Å². The highest BCUT2D eigenvalue weighted by molar-refractivity contribution is 5.83. The molecule has 0 saturated heterocycles. The molecule has 0 aliphatic rings. The van der Waals surface area contributed by atoms with Crippen molar-refractivity contribution in [2.75, 3.05) is 13.2 Å². The number of nitrogens with one attached hydrogen (secondary N) is 1. The monoisotopic (exact) mass is 410 g/mol. The highest BCUT2D eigenvalue weighted by Crippen LogP contribution is 2.24. The number of hydrazone groups is 1. The maximum Gasteiger partial charge on any atom is 0.277 e. The molecule has 0 aromatic heterocycles. The molecule has 0 aliphatic heterocycles. The van der Waals surface area contributed by atoms with Gasteiger partial charge in [-0.3, -0.25) is 4.79 Å². The van der Waals surface area contributed by atoms with Gasteiger partial charge in [0.2, 0.25) is 0 Å². The minimum Gasteiger partial charge on any atom is -0.494 e. The second kappa shape index (κ2) is 12.0. The number of benzene rings is 2. The molecular weight excluding hydrogens is 376 g/mol. The van der Waals surface area contributed by atoms with Crippen molar-refractivity contribution < 1.29 is 14.3 Å². The minimum absolute atomic E-state index is 0.0863. The third-order valence-corrected chi connectivity index (χ3v) is 4.64. The Morgan fingerprint density at radius 1 is 0.933 bits per heavy atom. The van der Waals surface area contributed by atoms with Gasteiger partial charge in [0.05, 0.1) is 12.8 Å². The number of hydrogen-bond acceptors (Lipinski definition) is 4. The summed E-state index contributed by atoms with van der Waals surface area (Å²) in [6.45, 7) is 9.32. The Kier molecular flexibility index (Phi) is 9.39. The van der Waals surface area contributed by atoms with Gasteiger partial charge in [-0.25, -0.2) is 5.43 Å². The maximum absolute atomic E-state index is 11.9. The van der Waals surface area contributed by atoms with E-state index in [0.29, 0.717) is 5.75 Å². The van der Waals surface area contributed by atoms with Crippen LogP contribution in [0.1, 0.15) is 64.5 Å². The van der Waals surface area contributed by atoms with Crippen LogP contribution in [0.5, 0.6) is 11.5 Å². The van der Waals surface area contributed by atoms with Crippen LogP contribution in [0.25, 0.3) is 0 Å². The van der Waals surface area contributed by atoms with Crippen LogP contribution in [0.3, 0.4) is 0 Å². The average molecular weight is 411 g/mol. The van der Waals surface area contributed by atoms with Crippen LogP contribution in [0.2, 0.25) is 0 Å². The molecule has 2 rings (SSSR count). The van der Waals surface area contributed by atoms with Crippen LogP contribution in [-0.4, -0.2) is 25.3 Å². The van der Waals surface area contributed by atoms with E-state index >= 15 is 0 Å². The van der Waals surface area contributed by atoms with E-state index in [0.717, 1.165) is 24.3 Å². The normalized spacial score (nSPS) is 11.5. The summed E-state index contributed by atoms with van der Waals surface area (Å²) in [5.41, 5.74) is 4.67. The molecule has 0 radical (unpaired) electrons. The lowest BCUT2D eigenvalue weighted by molar-refractivity contribution is -0.123. The van der Waals surface area contributed by atoms with E-state index in [4.69, 9.17) is 9.47 Å². The van der Waals surface area contributed by atoms with Crippen molar-refractivity contribution >= 4 is 12.1 Å². The summed E-state index contributed by atoms with van der Waals surface area (Å²) in [5, 5.41) is 3.98. The summed E-state index contributed by atoms with van der Waals surface area (Å²) in [4.78, 5) is 11.9. The van der Waals surface area contributed by atoms with Gasteiger partial charge in [-0.05, 0) is 59.4 Å². The largest absolute Gasteiger partial charge is 0.494 e. The Labute approximate surface area is 180 Å². The molecule has 162 valence electrons. The lowest BCUT2D eigenvalue weighted by Gasteiger charge is -2.19. The van der Waals surface area contributed by atoms with Gasteiger partial charge in [0.1, 0.15) is 11.5 Å². The van der Waals surface area contributed by atoms with Crippen molar-refractivity contribution in [3.63, 3.8) is 0 Å². The molecular formula is C25H34N2O3. The Bertz CT molecular complexity index is 791. The van der Waals surface area contributed by atoms with E-state index < -0.39 is 0 Å². The standard InChI is InChI=1S/C25H34N2O3/c1-5-6-7-8-17-29-22-13-9-20(10-14-22)18-26-27-24(28)19-30-23-15-11-21(12-16-23)25(2,3)4/h9-16,18H,5-8,17,19H2,1-4H3,(H,27,28). The van der Waals surface area contributed by atoms with Crippen LogP contribution >= 0.6 is 0 Å². The lowest BCUT2D eigenvalue weighted by Crippen LogP contribution is -2.24. The molecule has 0 saturated carbocycles. The first kappa shape index (κ1) is 23.5. The molecule has 2 aromatic carbocycles. The summed E-state index contributed by atoms with van der Waals surface area (Å²) < 4.78 is 11.2. The van der Waals surface area contributed by atoms with E-state index in [2.05, 4.69) is 38.2 Å². The second-order valence-electron chi connectivity index (χ2n) is 8.33. The zero-order valence-electron chi connectivity index (χ0n) is 18.6. The summed E-state index contributed by atoms with van der Waals surface area (Å²) in [7, 11) is 0. The molecule has 0 fully saturated rings. The number of carbonyl (C=O) groups excluding carboxylic acids is 1. The Hall–Kier alpha value is -2.82. The maximum atomic E-state index is 11.9. The van der Waals surface area contributed by atoms with E-state index in [1.807, 2.05) is 48.5 Å². The molecule has 0 unspecified atom stereocenters.